The third-order valence-corrected chi connectivity index (χ3v) is 5.89. The number of amides is 2. The number of nitrogens with one attached hydrogen (secondary N) is 1. The van der Waals surface area contributed by atoms with Crippen LogP contribution < -0.4 is 10.1 Å². The van der Waals surface area contributed by atoms with E-state index in [9.17, 15) is 33.0 Å². The van der Waals surface area contributed by atoms with Gasteiger partial charge in [0.05, 0.1) is 6.04 Å². The minimum atomic E-state index is -5.11. The van der Waals surface area contributed by atoms with E-state index < -0.39 is 42.2 Å². The molecule has 2 aliphatic heterocycles. The lowest BCUT2D eigenvalue weighted by Crippen LogP contribution is -2.47. The standard InChI is InChI=1S/C25H35F3N4O7/c1-5-37-20(34)19(33)14-38-18-7-6-15-11-32(12-16(15)10-18)22(30-21(35)25(26,27)28)29-17-8-9-31(13-17)23(36)39-24(2,3)4/h6-7,10,17,19-20,33-34H,5,8-9,11-14H2,1-4H3,(H,29,30,35)/t17-,19-,20?/m1/s1. The number of alkyl halides is 3. The van der Waals surface area contributed by atoms with E-state index >= 15 is 0 Å². The van der Waals surface area contributed by atoms with Crippen molar-refractivity contribution < 1.29 is 47.2 Å². The van der Waals surface area contributed by atoms with Gasteiger partial charge in [-0.15, -0.1) is 0 Å². The molecule has 2 aliphatic rings. The van der Waals surface area contributed by atoms with Gasteiger partial charge >= 0.3 is 18.2 Å². The molecule has 1 unspecified atom stereocenters. The molecule has 1 aromatic rings. The Morgan fingerprint density at radius 3 is 2.49 bits per heavy atom. The molecule has 2 heterocycles. The fourth-order valence-corrected chi connectivity index (χ4v) is 4.03. The highest BCUT2D eigenvalue weighted by atomic mass is 19.4. The van der Waals surface area contributed by atoms with Crippen molar-refractivity contribution in [3.63, 3.8) is 0 Å². The Bertz CT molecular complexity index is 1060. The highest BCUT2D eigenvalue weighted by Gasteiger charge is 2.41. The van der Waals surface area contributed by atoms with Crippen molar-refractivity contribution in [2.45, 2.75) is 77.4 Å². The van der Waals surface area contributed by atoms with Gasteiger partial charge < -0.3 is 34.2 Å². The molecule has 1 aromatic carbocycles. The lowest BCUT2D eigenvalue weighted by Gasteiger charge is -2.24. The number of rotatable bonds is 7. The average molecular weight is 561 g/mol. The van der Waals surface area contributed by atoms with E-state index in [1.54, 1.807) is 45.9 Å². The molecule has 3 atom stereocenters. The predicted molar refractivity (Wildman–Crippen MR) is 133 cm³/mol. The Balaban J connectivity index is 1.72. The Morgan fingerprint density at radius 1 is 1.15 bits per heavy atom. The second-order valence-electron chi connectivity index (χ2n) is 10.3. The summed E-state index contributed by atoms with van der Waals surface area (Å²) in [7, 11) is 0. The van der Waals surface area contributed by atoms with Gasteiger partial charge in [-0.2, -0.15) is 13.2 Å². The third kappa shape index (κ3) is 8.70. The number of fused-ring (bicyclic) bond motifs is 1. The van der Waals surface area contributed by atoms with Crippen LogP contribution >= 0.6 is 0 Å². The summed E-state index contributed by atoms with van der Waals surface area (Å²) in [5.41, 5.74) is 0.811. The van der Waals surface area contributed by atoms with Crippen LogP contribution in [-0.2, 0) is 27.4 Å². The van der Waals surface area contributed by atoms with Crippen molar-refractivity contribution in [1.29, 1.82) is 0 Å². The maximum absolute atomic E-state index is 13.1. The smallest absolute Gasteiger partial charge is 0.471 e. The molecule has 0 radical (unpaired) electrons. The van der Waals surface area contributed by atoms with E-state index in [2.05, 4.69) is 4.99 Å². The molecule has 3 rings (SSSR count). The maximum Gasteiger partial charge on any atom is 0.471 e. The van der Waals surface area contributed by atoms with Crippen molar-refractivity contribution in [3.05, 3.63) is 29.3 Å². The topological polar surface area (TPSA) is 133 Å². The highest BCUT2D eigenvalue weighted by Crippen LogP contribution is 2.28. The summed E-state index contributed by atoms with van der Waals surface area (Å²) >= 11 is 0. The van der Waals surface area contributed by atoms with Crippen molar-refractivity contribution in [3.8, 4) is 5.75 Å². The molecule has 1 saturated heterocycles. The number of aliphatic hydroxyl groups excluding tert-OH is 2. The normalized spacial score (nSPS) is 19.5. The van der Waals surface area contributed by atoms with E-state index in [0.29, 0.717) is 18.7 Å². The second kappa shape index (κ2) is 12.4. The van der Waals surface area contributed by atoms with Gasteiger partial charge in [-0.1, -0.05) is 6.07 Å². The largest absolute Gasteiger partial charge is 0.491 e. The number of likely N-dealkylation sites (tertiary alicyclic amines) is 1. The van der Waals surface area contributed by atoms with Crippen LogP contribution in [0.2, 0.25) is 0 Å². The van der Waals surface area contributed by atoms with Crippen LogP contribution in [0.4, 0.5) is 18.0 Å². The van der Waals surface area contributed by atoms with Crippen molar-refractivity contribution in [2.24, 2.45) is 4.99 Å². The number of ether oxygens (including phenoxy) is 3. The summed E-state index contributed by atoms with van der Waals surface area (Å²) in [5, 5.41) is 21.5. The molecule has 2 amide bonds. The summed E-state index contributed by atoms with van der Waals surface area (Å²) in [4.78, 5) is 31.5. The molecule has 0 saturated carbocycles. The number of hydrogen-bond acceptors (Lipinski definition) is 8. The van der Waals surface area contributed by atoms with Crippen LogP contribution in [0.5, 0.6) is 5.75 Å². The van der Waals surface area contributed by atoms with E-state index in [4.69, 9.17) is 14.2 Å². The first-order chi connectivity index (χ1) is 18.2. The molecule has 0 aromatic heterocycles. The molecule has 3 N–H and O–H groups in total. The average Bonchev–Trinajstić information content (AvgIpc) is 3.47. The fraction of sp³-hybridized carbons (Fsp3) is 0.640. The Kier molecular flexibility index (Phi) is 9.67. The molecule has 0 bridgehead atoms. The van der Waals surface area contributed by atoms with Gasteiger partial charge in [0.25, 0.3) is 0 Å². The quantitative estimate of drug-likeness (QED) is 0.263. The number of carbonyl (C=O) groups excluding carboxylic acids is 2. The summed E-state index contributed by atoms with van der Waals surface area (Å²) in [5.74, 6) is -2.02. The number of hydrogen-bond donors (Lipinski definition) is 3. The van der Waals surface area contributed by atoms with Gasteiger partial charge in [-0.3, -0.25) is 10.1 Å². The molecule has 1 fully saturated rings. The maximum atomic E-state index is 13.1. The monoisotopic (exact) mass is 560 g/mol. The van der Waals surface area contributed by atoms with Gasteiger partial charge in [-0.05, 0) is 57.4 Å². The van der Waals surface area contributed by atoms with Crippen molar-refractivity contribution >= 4 is 18.0 Å². The molecular formula is C25H35F3N4O7. The van der Waals surface area contributed by atoms with E-state index in [-0.39, 0.29) is 38.8 Å². The summed E-state index contributed by atoms with van der Waals surface area (Å²) < 4.78 is 55.1. The van der Waals surface area contributed by atoms with Crippen molar-refractivity contribution in [1.82, 2.24) is 15.1 Å². The van der Waals surface area contributed by atoms with Gasteiger partial charge in [0.1, 0.15) is 24.1 Å². The Labute approximate surface area is 224 Å². The minimum Gasteiger partial charge on any atom is -0.491 e. The van der Waals surface area contributed by atoms with Crippen molar-refractivity contribution in [2.75, 3.05) is 26.3 Å². The van der Waals surface area contributed by atoms with Crippen LogP contribution in [0.3, 0.4) is 0 Å². The fourth-order valence-electron chi connectivity index (χ4n) is 4.03. The van der Waals surface area contributed by atoms with Crippen LogP contribution in [0, 0.1) is 0 Å². The number of aliphatic hydroxyl groups is 2. The number of halogens is 3. The molecule has 11 nitrogen and oxygen atoms in total. The van der Waals surface area contributed by atoms with E-state index in [1.165, 1.54) is 9.80 Å². The molecule has 14 heteroatoms. The predicted octanol–water partition coefficient (Wildman–Crippen LogP) is 2.14. The van der Waals surface area contributed by atoms with Gasteiger partial charge in [0.2, 0.25) is 5.96 Å². The number of guanidine groups is 1. The van der Waals surface area contributed by atoms with Gasteiger partial charge in [-0.25, -0.2) is 9.79 Å². The van der Waals surface area contributed by atoms with Crippen LogP contribution in [0.1, 0.15) is 45.2 Å². The summed E-state index contributed by atoms with van der Waals surface area (Å²) in [6, 6.07) is 4.47. The Hall–Kier alpha value is -3.10. The van der Waals surface area contributed by atoms with E-state index in [0.717, 1.165) is 11.1 Å². The molecule has 0 aliphatic carbocycles. The first-order valence-corrected chi connectivity index (χ1v) is 12.6. The molecule has 39 heavy (non-hydrogen) atoms. The lowest BCUT2D eigenvalue weighted by molar-refractivity contribution is -0.172. The first-order valence-electron chi connectivity index (χ1n) is 12.6. The van der Waals surface area contributed by atoms with E-state index in [1.807, 2.05) is 5.32 Å². The van der Waals surface area contributed by atoms with Gasteiger partial charge in [0, 0.05) is 32.8 Å². The zero-order valence-corrected chi connectivity index (χ0v) is 22.3. The first kappa shape index (κ1) is 30.4. The van der Waals surface area contributed by atoms with Crippen LogP contribution in [-0.4, -0.2) is 94.5 Å². The third-order valence-electron chi connectivity index (χ3n) is 5.89. The summed E-state index contributed by atoms with van der Waals surface area (Å²) in [6.07, 6.45) is -7.95. The minimum absolute atomic E-state index is 0.134. The number of nitrogens with zero attached hydrogens (tertiary/aromatic N) is 3. The number of aliphatic imine (C=N–C) groups is 1. The summed E-state index contributed by atoms with van der Waals surface area (Å²) in [6.45, 7) is 7.59. The lowest BCUT2D eigenvalue weighted by atomic mass is 10.1. The second-order valence-corrected chi connectivity index (χ2v) is 10.3. The SMILES string of the molecule is CCOC(O)[C@H](O)COc1ccc2c(c1)CN(C(=N[C@@H]1CCN(C(=O)OC(C)(C)C)C1)NC(=O)C(F)(F)F)C2. The Morgan fingerprint density at radius 2 is 1.85 bits per heavy atom. The highest BCUT2D eigenvalue weighted by molar-refractivity contribution is 5.99. The molecular weight excluding hydrogens is 525 g/mol. The van der Waals surface area contributed by atoms with Crippen LogP contribution in [0.15, 0.2) is 23.2 Å². The van der Waals surface area contributed by atoms with Gasteiger partial charge in [0.15, 0.2) is 6.29 Å². The molecule has 0 spiro atoms. The number of carbonyl (C=O) groups is 2. The molecule has 218 valence electrons. The van der Waals surface area contributed by atoms with Crippen LogP contribution in [0.25, 0.3) is 0 Å². The zero-order valence-electron chi connectivity index (χ0n) is 22.3. The zero-order chi connectivity index (χ0) is 29.0. The number of benzene rings is 1.